The molecule has 0 bridgehead atoms. The first-order chi connectivity index (χ1) is 8.00. The number of halogens is 2. The van der Waals surface area contributed by atoms with Gasteiger partial charge in [0.2, 0.25) is 0 Å². The van der Waals surface area contributed by atoms with Crippen molar-refractivity contribution in [1.29, 1.82) is 0 Å². The second kappa shape index (κ2) is 4.78. The average molecular weight is 360 g/mol. The summed E-state index contributed by atoms with van der Waals surface area (Å²) in [7, 11) is 0. The number of hydrogen-bond donors (Lipinski definition) is 1. The van der Waals surface area contributed by atoms with Gasteiger partial charge in [-0.3, -0.25) is 0 Å². The smallest absolute Gasteiger partial charge is 0.166 e. The Morgan fingerprint density at radius 2 is 2.00 bits per heavy atom. The Morgan fingerprint density at radius 1 is 1.29 bits per heavy atom. The number of nitrogens with zero attached hydrogens (tertiary/aromatic N) is 3. The molecule has 0 fully saturated rings. The minimum atomic E-state index is 0.289. The van der Waals surface area contributed by atoms with E-state index in [0.717, 1.165) is 20.3 Å². The predicted molar refractivity (Wildman–Crippen MR) is 75.7 cm³/mol. The third-order valence-electron chi connectivity index (χ3n) is 2.46. The van der Waals surface area contributed by atoms with Crippen LogP contribution in [0.3, 0.4) is 0 Å². The summed E-state index contributed by atoms with van der Waals surface area (Å²) >= 11 is 6.88. The Hall–Kier alpha value is -0.880. The van der Waals surface area contributed by atoms with E-state index < -0.39 is 0 Å². The fourth-order valence-corrected chi connectivity index (χ4v) is 2.81. The number of anilines is 1. The lowest BCUT2D eigenvalue weighted by atomic mass is 10.1. The van der Waals surface area contributed by atoms with Gasteiger partial charge in [0.15, 0.2) is 5.82 Å². The minimum Gasteiger partial charge on any atom is -0.397 e. The molecule has 17 heavy (non-hydrogen) atoms. The van der Waals surface area contributed by atoms with E-state index in [4.69, 9.17) is 5.73 Å². The first-order valence-electron chi connectivity index (χ1n) is 5.15. The van der Waals surface area contributed by atoms with Crippen LogP contribution < -0.4 is 5.73 Å². The summed E-state index contributed by atoms with van der Waals surface area (Å²) in [4.78, 5) is 0. The molecule has 0 atom stereocenters. The molecule has 2 aromatic rings. The van der Waals surface area contributed by atoms with Crippen LogP contribution in [-0.2, 0) is 0 Å². The van der Waals surface area contributed by atoms with Gasteiger partial charge in [0.1, 0.15) is 6.33 Å². The lowest BCUT2D eigenvalue weighted by Crippen LogP contribution is -2.03. The molecule has 6 heteroatoms. The summed E-state index contributed by atoms with van der Waals surface area (Å²) < 4.78 is 3.79. The third-order valence-corrected chi connectivity index (χ3v) is 3.58. The van der Waals surface area contributed by atoms with Crippen LogP contribution in [0.2, 0.25) is 0 Å². The van der Waals surface area contributed by atoms with Gasteiger partial charge in [0.25, 0.3) is 0 Å². The van der Waals surface area contributed by atoms with Crippen LogP contribution in [-0.4, -0.2) is 14.8 Å². The number of nitrogen functional groups attached to an aromatic ring is 1. The van der Waals surface area contributed by atoms with Gasteiger partial charge < -0.3 is 10.3 Å². The maximum absolute atomic E-state index is 6.06. The molecule has 0 aliphatic heterocycles. The topological polar surface area (TPSA) is 56.7 Å². The zero-order chi connectivity index (χ0) is 12.6. The van der Waals surface area contributed by atoms with Crippen molar-refractivity contribution in [1.82, 2.24) is 14.8 Å². The molecular weight excluding hydrogens is 348 g/mol. The standard InChI is InChI=1S/C11H12Br2N4/c1-6(2)17-5-15-16-11(17)8-3-7(12)4-9(13)10(8)14/h3-6H,14H2,1-2H3. The Balaban J connectivity index is 2.64. The van der Waals surface area contributed by atoms with Crippen LogP contribution in [0.25, 0.3) is 11.4 Å². The maximum atomic E-state index is 6.06. The van der Waals surface area contributed by atoms with E-state index in [-0.39, 0.29) is 6.04 Å². The summed E-state index contributed by atoms with van der Waals surface area (Å²) in [6.07, 6.45) is 1.72. The number of hydrogen-bond acceptors (Lipinski definition) is 3. The maximum Gasteiger partial charge on any atom is 0.166 e. The van der Waals surface area contributed by atoms with Gasteiger partial charge in [-0.25, -0.2) is 0 Å². The summed E-state index contributed by atoms with van der Waals surface area (Å²) in [5.41, 5.74) is 7.61. The molecule has 1 aromatic heterocycles. The van der Waals surface area contributed by atoms with E-state index in [1.54, 1.807) is 6.33 Å². The zero-order valence-corrected chi connectivity index (χ0v) is 12.7. The van der Waals surface area contributed by atoms with Gasteiger partial charge in [-0.15, -0.1) is 10.2 Å². The number of benzene rings is 1. The second-order valence-electron chi connectivity index (χ2n) is 4.00. The molecule has 0 radical (unpaired) electrons. The van der Waals surface area contributed by atoms with Gasteiger partial charge in [-0.1, -0.05) is 15.9 Å². The lowest BCUT2D eigenvalue weighted by molar-refractivity contribution is 0.604. The van der Waals surface area contributed by atoms with Crippen molar-refractivity contribution in [3.63, 3.8) is 0 Å². The van der Waals surface area contributed by atoms with Crippen LogP contribution in [0, 0.1) is 0 Å². The van der Waals surface area contributed by atoms with E-state index in [1.807, 2.05) is 16.7 Å². The highest BCUT2D eigenvalue weighted by Crippen LogP contribution is 2.34. The van der Waals surface area contributed by atoms with Crippen LogP contribution >= 0.6 is 31.9 Å². The van der Waals surface area contributed by atoms with Gasteiger partial charge in [-0.2, -0.15) is 0 Å². The van der Waals surface area contributed by atoms with Crippen molar-refractivity contribution >= 4 is 37.5 Å². The first kappa shape index (κ1) is 12.6. The summed E-state index contributed by atoms with van der Waals surface area (Å²) in [5, 5.41) is 8.09. The van der Waals surface area contributed by atoms with Crippen LogP contribution in [0.1, 0.15) is 19.9 Å². The summed E-state index contributed by atoms with van der Waals surface area (Å²) in [5.74, 6) is 0.777. The van der Waals surface area contributed by atoms with Gasteiger partial charge >= 0.3 is 0 Å². The van der Waals surface area contributed by atoms with E-state index >= 15 is 0 Å². The first-order valence-corrected chi connectivity index (χ1v) is 6.73. The van der Waals surface area contributed by atoms with E-state index in [0.29, 0.717) is 5.69 Å². The highest BCUT2D eigenvalue weighted by atomic mass is 79.9. The van der Waals surface area contributed by atoms with E-state index in [2.05, 4.69) is 55.9 Å². The van der Waals surface area contributed by atoms with Crippen molar-refractivity contribution in [3.05, 3.63) is 27.4 Å². The molecular formula is C11H12Br2N4. The molecule has 2 rings (SSSR count). The molecule has 4 nitrogen and oxygen atoms in total. The highest BCUT2D eigenvalue weighted by Gasteiger charge is 2.15. The Labute approximate surface area is 116 Å². The van der Waals surface area contributed by atoms with Crippen LogP contribution in [0.5, 0.6) is 0 Å². The molecule has 2 N–H and O–H groups in total. The fraction of sp³-hybridized carbons (Fsp3) is 0.273. The van der Waals surface area contributed by atoms with Crippen molar-refractivity contribution in [3.8, 4) is 11.4 Å². The molecule has 0 amide bonds. The largest absolute Gasteiger partial charge is 0.397 e. The van der Waals surface area contributed by atoms with E-state index in [9.17, 15) is 0 Å². The SMILES string of the molecule is CC(C)n1cnnc1-c1cc(Br)cc(Br)c1N. The van der Waals surface area contributed by atoms with E-state index in [1.165, 1.54) is 0 Å². The van der Waals surface area contributed by atoms with Gasteiger partial charge in [0.05, 0.1) is 5.69 Å². The quantitative estimate of drug-likeness (QED) is 0.833. The molecule has 1 heterocycles. The van der Waals surface area contributed by atoms with Crippen molar-refractivity contribution < 1.29 is 0 Å². The fourth-order valence-electron chi connectivity index (χ4n) is 1.58. The number of nitrogens with two attached hydrogens (primary N) is 1. The molecule has 0 spiro atoms. The summed E-state index contributed by atoms with van der Waals surface area (Å²) in [6, 6.07) is 4.15. The zero-order valence-electron chi connectivity index (χ0n) is 9.48. The summed E-state index contributed by atoms with van der Waals surface area (Å²) in [6.45, 7) is 4.16. The van der Waals surface area contributed by atoms with Crippen molar-refractivity contribution in [2.45, 2.75) is 19.9 Å². The molecule has 0 aliphatic rings. The molecule has 90 valence electrons. The third kappa shape index (κ3) is 2.37. The van der Waals surface area contributed by atoms with Crippen LogP contribution in [0.4, 0.5) is 5.69 Å². The molecule has 0 unspecified atom stereocenters. The minimum absolute atomic E-state index is 0.289. The lowest BCUT2D eigenvalue weighted by Gasteiger charge is -2.12. The van der Waals surface area contributed by atoms with Crippen LogP contribution in [0.15, 0.2) is 27.4 Å². The molecule has 0 saturated heterocycles. The predicted octanol–water partition coefficient (Wildman–Crippen LogP) is 3.63. The number of aromatic nitrogens is 3. The highest BCUT2D eigenvalue weighted by molar-refractivity contribution is 9.11. The average Bonchev–Trinajstić information content (AvgIpc) is 2.72. The molecule has 0 aliphatic carbocycles. The molecule has 0 saturated carbocycles. The Morgan fingerprint density at radius 3 is 2.65 bits per heavy atom. The van der Waals surface area contributed by atoms with Gasteiger partial charge in [0, 0.05) is 20.6 Å². The number of rotatable bonds is 2. The van der Waals surface area contributed by atoms with Gasteiger partial charge in [-0.05, 0) is 41.9 Å². The second-order valence-corrected chi connectivity index (χ2v) is 5.77. The van der Waals surface area contributed by atoms with Crippen molar-refractivity contribution in [2.75, 3.05) is 5.73 Å². The monoisotopic (exact) mass is 358 g/mol. The normalized spacial score (nSPS) is 11.1. The Kier molecular flexibility index (Phi) is 3.53. The Bertz CT molecular complexity index is 548. The van der Waals surface area contributed by atoms with Crippen molar-refractivity contribution in [2.24, 2.45) is 0 Å². The molecule has 1 aromatic carbocycles.